The molecule has 0 aliphatic carbocycles. The van der Waals surface area contributed by atoms with Gasteiger partial charge in [-0.3, -0.25) is 9.69 Å². The van der Waals surface area contributed by atoms with Gasteiger partial charge in [-0.25, -0.2) is 0 Å². The van der Waals surface area contributed by atoms with Crippen LogP contribution in [0.5, 0.6) is 5.75 Å². The number of aromatic nitrogens is 1. The Kier molecular flexibility index (Phi) is 5.91. The predicted molar refractivity (Wildman–Crippen MR) is 111 cm³/mol. The maximum absolute atomic E-state index is 13.2. The van der Waals surface area contributed by atoms with Crippen molar-refractivity contribution in [1.29, 1.82) is 0 Å². The third-order valence-corrected chi connectivity index (χ3v) is 5.20. The van der Waals surface area contributed by atoms with Crippen molar-refractivity contribution in [2.45, 2.75) is 6.92 Å². The van der Waals surface area contributed by atoms with Crippen molar-refractivity contribution < 1.29 is 14.1 Å². The molecule has 2 aromatic carbocycles. The minimum absolute atomic E-state index is 0.0113. The Morgan fingerprint density at radius 2 is 1.66 bits per heavy atom. The summed E-state index contributed by atoms with van der Waals surface area (Å²) in [5.74, 6) is 1.44. The predicted octanol–water partition coefficient (Wildman–Crippen LogP) is 3.49. The van der Waals surface area contributed by atoms with E-state index in [2.05, 4.69) is 10.1 Å². The molecule has 1 saturated heterocycles. The van der Waals surface area contributed by atoms with Crippen molar-refractivity contribution in [1.82, 2.24) is 15.0 Å². The lowest BCUT2D eigenvalue weighted by Gasteiger charge is -2.34. The summed E-state index contributed by atoms with van der Waals surface area (Å²) in [6.07, 6.45) is 0. The first-order chi connectivity index (χ1) is 14.2. The summed E-state index contributed by atoms with van der Waals surface area (Å²) in [4.78, 5) is 17.4. The van der Waals surface area contributed by atoms with Crippen LogP contribution in [0.3, 0.4) is 0 Å². The van der Waals surface area contributed by atoms with E-state index in [-0.39, 0.29) is 5.91 Å². The minimum Gasteiger partial charge on any atom is -0.492 e. The minimum atomic E-state index is -0.0113. The van der Waals surface area contributed by atoms with Crippen LogP contribution in [-0.4, -0.2) is 60.2 Å². The monoisotopic (exact) mass is 391 g/mol. The molecule has 0 bridgehead atoms. The summed E-state index contributed by atoms with van der Waals surface area (Å²) in [5, 5.41) is 4.14. The number of hydrogen-bond donors (Lipinski definition) is 0. The zero-order valence-corrected chi connectivity index (χ0v) is 16.6. The smallest absolute Gasteiger partial charge is 0.259 e. The molecule has 1 aromatic heterocycles. The van der Waals surface area contributed by atoms with Crippen molar-refractivity contribution in [3.8, 4) is 17.0 Å². The van der Waals surface area contributed by atoms with E-state index in [0.717, 1.165) is 30.9 Å². The summed E-state index contributed by atoms with van der Waals surface area (Å²) < 4.78 is 11.1. The van der Waals surface area contributed by atoms with Gasteiger partial charge in [0.1, 0.15) is 29.4 Å². The first-order valence-electron chi connectivity index (χ1n) is 9.93. The number of piperazine rings is 1. The molecule has 0 saturated carbocycles. The second kappa shape index (κ2) is 8.92. The SMILES string of the molecule is Cc1onc(-c2ccccc2)c1C(=O)N1CCN(CCOc2ccccc2)CC1. The number of nitrogens with zero attached hydrogens (tertiary/aromatic N) is 3. The molecule has 4 rings (SSSR count). The Balaban J connectivity index is 1.33. The molecule has 0 radical (unpaired) electrons. The van der Waals surface area contributed by atoms with E-state index >= 15 is 0 Å². The summed E-state index contributed by atoms with van der Waals surface area (Å²) in [5.41, 5.74) is 2.08. The van der Waals surface area contributed by atoms with Crippen LogP contribution in [0.2, 0.25) is 0 Å². The molecule has 1 aliphatic heterocycles. The van der Waals surface area contributed by atoms with Crippen LogP contribution < -0.4 is 4.74 Å². The molecule has 1 amide bonds. The molecular weight excluding hydrogens is 366 g/mol. The highest BCUT2D eigenvalue weighted by Crippen LogP contribution is 2.26. The molecule has 1 fully saturated rings. The van der Waals surface area contributed by atoms with Crippen LogP contribution in [0.25, 0.3) is 11.3 Å². The molecule has 150 valence electrons. The molecule has 0 spiro atoms. The normalized spacial score (nSPS) is 14.7. The number of carbonyl (C=O) groups excluding carboxylic acids is 1. The van der Waals surface area contributed by atoms with Gasteiger partial charge in [-0.1, -0.05) is 53.7 Å². The largest absolute Gasteiger partial charge is 0.492 e. The van der Waals surface area contributed by atoms with E-state index in [0.29, 0.717) is 36.7 Å². The summed E-state index contributed by atoms with van der Waals surface area (Å²) in [7, 11) is 0. The summed E-state index contributed by atoms with van der Waals surface area (Å²) in [6.45, 7) is 6.30. The third-order valence-electron chi connectivity index (χ3n) is 5.20. The van der Waals surface area contributed by atoms with Crippen LogP contribution in [0.4, 0.5) is 0 Å². The second-order valence-electron chi connectivity index (χ2n) is 7.12. The maximum atomic E-state index is 13.2. The number of para-hydroxylation sites is 1. The lowest BCUT2D eigenvalue weighted by atomic mass is 10.0. The molecule has 3 aromatic rings. The highest BCUT2D eigenvalue weighted by molar-refractivity contribution is 6.00. The van der Waals surface area contributed by atoms with Gasteiger partial charge in [-0.2, -0.15) is 0 Å². The summed E-state index contributed by atoms with van der Waals surface area (Å²) in [6, 6.07) is 19.5. The molecule has 0 N–H and O–H groups in total. The Morgan fingerprint density at radius 3 is 2.34 bits per heavy atom. The van der Waals surface area contributed by atoms with Crippen LogP contribution >= 0.6 is 0 Å². The summed E-state index contributed by atoms with van der Waals surface area (Å²) >= 11 is 0. The molecular formula is C23H25N3O3. The Labute approximate surface area is 170 Å². The van der Waals surface area contributed by atoms with Crippen molar-refractivity contribution in [2.75, 3.05) is 39.3 Å². The van der Waals surface area contributed by atoms with Gasteiger partial charge < -0.3 is 14.2 Å². The third kappa shape index (κ3) is 4.49. The average Bonchev–Trinajstić information content (AvgIpc) is 3.16. The zero-order valence-electron chi connectivity index (χ0n) is 16.6. The maximum Gasteiger partial charge on any atom is 0.259 e. The first kappa shape index (κ1) is 19.2. The van der Waals surface area contributed by atoms with Gasteiger partial charge in [0.25, 0.3) is 5.91 Å². The molecule has 29 heavy (non-hydrogen) atoms. The first-order valence-corrected chi connectivity index (χ1v) is 9.93. The molecule has 6 heteroatoms. The Bertz CT molecular complexity index is 933. The van der Waals surface area contributed by atoms with Gasteiger partial charge in [-0.05, 0) is 19.1 Å². The van der Waals surface area contributed by atoms with E-state index in [4.69, 9.17) is 9.26 Å². The molecule has 0 unspecified atom stereocenters. The fraction of sp³-hybridized carbons (Fsp3) is 0.304. The van der Waals surface area contributed by atoms with Crippen molar-refractivity contribution >= 4 is 5.91 Å². The van der Waals surface area contributed by atoms with E-state index < -0.39 is 0 Å². The molecule has 1 aliphatic rings. The van der Waals surface area contributed by atoms with Gasteiger partial charge in [0.2, 0.25) is 0 Å². The molecule has 0 atom stereocenters. The standard InChI is InChI=1S/C23H25N3O3/c1-18-21(22(24-29-18)19-8-4-2-5-9-19)23(27)26-14-12-25(13-15-26)16-17-28-20-10-6-3-7-11-20/h2-11H,12-17H2,1H3. The van der Waals surface area contributed by atoms with Crippen LogP contribution in [0, 0.1) is 6.92 Å². The zero-order chi connectivity index (χ0) is 20.1. The van der Waals surface area contributed by atoms with Crippen molar-refractivity contribution in [3.05, 3.63) is 72.0 Å². The molecule has 2 heterocycles. The van der Waals surface area contributed by atoms with E-state index in [9.17, 15) is 4.79 Å². The van der Waals surface area contributed by atoms with Crippen LogP contribution in [0.1, 0.15) is 16.1 Å². The number of carbonyl (C=O) groups is 1. The quantitative estimate of drug-likeness (QED) is 0.644. The highest BCUT2D eigenvalue weighted by atomic mass is 16.5. The lowest BCUT2D eigenvalue weighted by Crippen LogP contribution is -2.49. The average molecular weight is 391 g/mol. The lowest BCUT2D eigenvalue weighted by molar-refractivity contribution is 0.0619. The van der Waals surface area contributed by atoms with Crippen molar-refractivity contribution in [3.63, 3.8) is 0 Å². The fourth-order valence-electron chi connectivity index (χ4n) is 3.56. The number of hydrogen-bond acceptors (Lipinski definition) is 5. The number of aryl methyl sites for hydroxylation is 1. The van der Waals surface area contributed by atoms with Crippen LogP contribution in [-0.2, 0) is 0 Å². The van der Waals surface area contributed by atoms with E-state index in [1.54, 1.807) is 6.92 Å². The van der Waals surface area contributed by atoms with Gasteiger partial charge in [0.05, 0.1) is 0 Å². The Hall–Kier alpha value is -3.12. The van der Waals surface area contributed by atoms with E-state index in [1.807, 2.05) is 65.6 Å². The van der Waals surface area contributed by atoms with Gasteiger partial charge in [0, 0.05) is 38.3 Å². The van der Waals surface area contributed by atoms with E-state index in [1.165, 1.54) is 0 Å². The number of benzene rings is 2. The fourth-order valence-corrected chi connectivity index (χ4v) is 3.56. The molecule has 6 nitrogen and oxygen atoms in total. The second-order valence-corrected chi connectivity index (χ2v) is 7.12. The number of amides is 1. The van der Waals surface area contributed by atoms with Gasteiger partial charge in [-0.15, -0.1) is 0 Å². The topological polar surface area (TPSA) is 58.8 Å². The van der Waals surface area contributed by atoms with Crippen molar-refractivity contribution in [2.24, 2.45) is 0 Å². The van der Waals surface area contributed by atoms with Gasteiger partial charge >= 0.3 is 0 Å². The highest BCUT2D eigenvalue weighted by Gasteiger charge is 2.28. The van der Waals surface area contributed by atoms with Gasteiger partial charge in [0.15, 0.2) is 0 Å². The number of ether oxygens (including phenoxy) is 1. The Morgan fingerprint density at radius 1 is 1.00 bits per heavy atom. The van der Waals surface area contributed by atoms with Crippen LogP contribution in [0.15, 0.2) is 65.2 Å². The number of rotatable bonds is 6.